The van der Waals surface area contributed by atoms with Gasteiger partial charge in [0.15, 0.2) is 0 Å². The van der Waals surface area contributed by atoms with Crippen molar-refractivity contribution in [2.24, 2.45) is 39.9 Å². The SMILES string of the molecule is C.C.C.C.C.C.C.C.C.CCC(C)(C)C(=O)OCCC(=O)OC1(C)CCCC1.CCC(C)(C)C(=O)OCCOCC(=O)OC1(C)C2CC3CC(C2)CC1C3.CCC1(OC(=O)CCOC(=O)C(C)(C)CC)CCCC1. The highest BCUT2D eigenvalue weighted by molar-refractivity contribution is 5.77. The van der Waals surface area contributed by atoms with Gasteiger partial charge in [0.1, 0.15) is 43.2 Å². The summed E-state index contributed by atoms with van der Waals surface area (Å²) in [6.45, 7) is 23.6. The smallest absolute Gasteiger partial charge is 0.332 e. The largest absolute Gasteiger partial charge is 0.465 e. The van der Waals surface area contributed by atoms with E-state index in [1.165, 1.54) is 32.1 Å². The third kappa shape index (κ3) is 25.3. The van der Waals surface area contributed by atoms with Gasteiger partial charge in [-0.05, 0) is 188 Å². The Hall–Kier alpha value is -3.22. The maximum Gasteiger partial charge on any atom is 0.332 e. The third-order valence-electron chi connectivity index (χ3n) is 15.7. The molecule has 0 spiro atoms. The van der Waals surface area contributed by atoms with Crippen molar-refractivity contribution in [2.75, 3.05) is 33.0 Å². The van der Waals surface area contributed by atoms with E-state index in [9.17, 15) is 28.8 Å². The van der Waals surface area contributed by atoms with Gasteiger partial charge in [0, 0.05) is 0 Å². The Labute approximate surface area is 457 Å². The Bertz CT molecular complexity index is 1540. The molecule has 0 saturated heterocycles. The van der Waals surface area contributed by atoms with Crippen LogP contribution in [0.1, 0.15) is 272 Å². The zero-order chi connectivity index (χ0) is 48.7. The molecule has 0 N–H and O–H groups in total. The molecule has 6 aliphatic carbocycles. The van der Waals surface area contributed by atoms with E-state index < -0.39 is 16.2 Å². The molecule has 0 aromatic rings. The fourth-order valence-electron chi connectivity index (χ4n) is 9.77. The highest BCUT2D eigenvalue weighted by Crippen LogP contribution is 2.59. The van der Waals surface area contributed by atoms with Crippen molar-refractivity contribution in [1.29, 1.82) is 0 Å². The average Bonchev–Trinajstić information content (AvgIpc) is 3.91. The van der Waals surface area contributed by atoms with E-state index in [2.05, 4.69) is 13.8 Å². The molecule has 0 radical (unpaired) electrons. The first-order valence-electron chi connectivity index (χ1n) is 25.1. The van der Waals surface area contributed by atoms with Crippen LogP contribution >= 0.6 is 0 Å². The van der Waals surface area contributed by atoms with Gasteiger partial charge in [-0.1, -0.05) is 94.5 Å². The third-order valence-corrected chi connectivity index (χ3v) is 15.7. The number of hydrogen-bond acceptors (Lipinski definition) is 13. The molecule has 0 aromatic heterocycles. The molecule has 6 fully saturated rings. The van der Waals surface area contributed by atoms with Crippen LogP contribution in [0.5, 0.6) is 0 Å². The lowest BCUT2D eigenvalue weighted by molar-refractivity contribution is -0.207. The molecule has 74 heavy (non-hydrogen) atoms. The van der Waals surface area contributed by atoms with Crippen molar-refractivity contribution in [3.8, 4) is 0 Å². The summed E-state index contributed by atoms with van der Waals surface area (Å²) in [5, 5.41) is 0. The Balaban J connectivity index is -0.000000174. The Morgan fingerprint density at radius 1 is 0.446 bits per heavy atom. The molecular weight excluding hydrogens is 941 g/mol. The van der Waals surface area contributed by atoms with Gasteiger partial charge in [0.2, 0.25) is 0 Å². The summed E-state index contributed by atoms with van der Waals surface area (Å²) in [6, 6.07) is 0. The van der Waals surface area contributed by atoms with Gasteiger partial charge in [-0.2, -0.15) is 0 Å². The summed E-state index contributed by atoms with van der Waals surface area (Å²) in [5.74, 6) is 1.17. The summed E-state index contributed by atoms with van der Waals surface area (Å²) >= 11 is 0. The average molecular weight is 1070 g/mol. The van der Waals surface area contributed by atoms with Gasteiger partial charge in [-0.3, -0.25) is 24.0 Å². The monoisotopic (exact) mass is 1060 g/mol. The fraction of sp³-hybridized carbons (Fsp3) is 0.902. The van der Waals surface area contributed by atoms with E-state index in [-0.39, 0.29) is 165 Å². The Kier molecular flexibility index (Phi) is 43.0. The van der Waals surface area contributed by atoms with Gasteiger partial charge in [-0.25, -0.2) is 4.79 Å². The molecule has 446 valence electrons. The molecule has 6 rings (SSSR count). The topological polar surface area (TPSA) is 167 Å². The predicted octanol–water partition coefficient (Wildman–Crippen LogP) is 16.3. The van der Waals surface area contributed by atoms with Crippen LogP contribution < -0.4 is 0 Å². The van der Waals surface area contributed by atoms with E-state index in [4.69, 9.17) is 33.2 Å². The Morgan fingerprint density at radius 3 is 1.16 bits per heavy atom. The normalized spacial score (nSPS) is 21.9. The minimum absolute atomic E-state index is 0. The van der Waals surface area contributed by atoms with Gasteiger partial charge < -0.3 is 33.2 Å². The van der Waals surface area contributed by atoms with Crippen molar-refractivity contribution in [3.63, 3.8) is 0 Å². The molecule has 0 aliphatic heterocycles. The van der Waals surface area contributed by atoms with Crippen LogP contribution in [0.3, 0.4) is 0 Å². The lowest BCUT2D eigenvalue weighted by Gasteiger charge is -2.59. The maximum absolute atomic E-state index is 12.3. The van der Waals surface area contributed by atoms with Gasteiger partial charge in [0.05, 0.1) is 35.7 Å². The second-order valence-electron chi connectivity index (χ2n) is 22.0. The van der Waals surface area contributed by atoms with Crippen LogP contribution in [-0.4, -0.2) is 85.7 Å². The van der Waals surface area contributed by atoms with E-state index in [1.807, 2.05) is 69.2 Å². The summed E-state index contributed by atoms with van der Waals surface area (Å²) in [5.41, 5.74) is -2.33. The first kappa shape index (κ1) is 84.7. The molecule has 4 bridgehead atoms. The van der Waals surface area contributed by atoms with E-state index in [0.29, 0.717) is 18.3 Å². The molecule has 6 aliphatic rings. The minimum atomic E-state index is -0.486. The molecule has 0 unspecified atom stereocenters. The minimum Gasteiger partial charge on any atom is -0.465 e. The highest BCUT2D eigenvalue weighted by atomic mass is 16.6. The summed E-state index contributed by atoms with van der Waals surface area (Å²) in [4.78, 5) is 71.2. The van der Waals surface area contributed by atoms with Gasteiger partial charge in [-0.15, -0.1) is 0 Å². The molecule has 13 nitrogen and oxygen atoms in total. The molecule has 0 heterocycles. The van der Waals surface area contributed by atoms with E-state index in [0.717, 1.165) is 82.5 Å². The second-order valence-corrected chi connectivity index (χ2v) is 22.0. The van der Waals surface area contributed by atoms with E-state index >= 15 is 0 Å². The predicted molar refractivity (Wildman–Crippen MR) is 308 cm³/mol. The van der Waals surface area contributed by atoms with Crippen molar-refractivity contribution in [3.05, 3.63) is 0 Å². The second kappa shape index (κ2) is 37.5. The van der Waals surface area contributed by atoms with Crippen molar-refractivity contribution >= 4 is 35.8 Å². The summed E-state index contributed by atoms with van der Waals surface area (Å²) < 4.78 is 37.9. The van der Waals surface area contributed by atoms with Crippen LogP contribution in [0.2, 0.25) is 0 Å². The quantitative estimate of drug-likeness (QED) is 0.0606. The number of hydrogen-bond donors (Lipinski definition) is 0. The summed E-state index contributed by atoms with van der Waals surface area (Å²) in [6.07, 6.45) is 17.8. The van der Waals surface area contributed by atoms with Crippen LogP contribution in [0.15, 0.2) is 0 Å². The number of carbonyl (C=O) groups is 6. The lowest BCUT2D eigenvalue weighted by Crippen LogP contribution is -2.58. The lowest BCUT2D eigenvalue weighted by atomic mass is 9.50. The molecule has 0 amide bonds. The van der Waals surface area contributed by atoms with E-state index in [1.54, 1.807) is 0 Å². The van der Waals surface area contributed by atoms with Crippen molar-refractivity contribution in [2.45, 2.75) is 289 Å². The molecule has 0 atom stereocenters. The van der Waals surface area contributed by atoms with Crippen LogP contribution in [0.4, 0.5) is 0 Å². The zero-order valence-electron chi connectivity index (χ0n) is 42.6. The van der Waals surface area contributed by atoms with Gasteiger partial charge in [0.25, 0.3) is 0 Å². The number of esters is 6. The van der Waals surface area contributed by atoms with Crippen LogP contribution in [0.25, 0.3) is 0 Å². The highest BCUT2D eigenvalue weighted by Gasteiger charge is 2.57. The van der Waals surface area contributed by atoms with Crippen molar-refractivity contribution in [1.82, 2.24) is 0 Å². The Morgan fingerprint density at radius 2 is 0.797 bits per heavy atom. The maximum atomic E-state index is 12.3. The zero-order valence-corrected chi connectivity index (χ0v) is 42.6. The number of carbonyl (C=O) groups excluding carboxylic acids is 6. The van der Waals surface area contributed by atoms with Crippen LogP contribution in [-0.2, 0) is 61.9 Å². The van der Waals surface area contributed by atoms with Crippen molar-refractivity contribution < 1.29 is 61.9 Å². The molecular formula is C61H124O13. The molecule has 13 heteroatoms. The first-order chi connectivity index (χ1) is 30.4. The summed E-state index contributed by atoms with van der Waals surface area (Å²) in [7, 11) is 0. The number of ether oxygens (including phenoxy) is 7. The van der Waals surface area contributed by atoms with Gasteiger partial charge >= 0.3 is 35.8 Å². The first-order valence-corrected chi connectivity index (χ1v) is 25.1. The molecule has 0 aromatic carbocycles. The number of rotatable bonds is 21. The standard InChI is InChI=1S/C21H34O5.C16H28O4.C15H26O4.9CH4/c1-5-20(2,3)19(23)25-7-6-24-13-18(22)26-21(4)16-9-14-8-15(11-16)12-17(21)10-14;1-5-15(3,4)14(18)19-12-9-13(17)20-16(6-2)10-7-8-11-16;1-5-14(2,3)13(17)18-11-8-12(16)19-15(4)9-6-7-10-15;;;;;;;;;/h14-17H,5-13H2,1-4H3;5-12H2,1-4H3;5-11H2,1-4H3;9*1H4. The fourth-order valence-corrected chi connectivity index (χ4v) is 9.77. The molecule has 6 saturated carbocycles. The van der Waals surface area contributed by atoms with Crippen LogP contribution in [0, 0.1) is 39.9 Å².